The van der Waals surface area contributed by atoms with E-state index in [0.29, 0.717) is 18.1 Å². The maximum Gasteiger partial charge on any atom is 0.321 e. The third kappa shape index (κ3) is 7.32. The van der Waals surface area contributed by atoms with Crippen LogP contribution in [0.3, 0.4) is 0 Å². The minimum Gasteiger partial charge on any atom is -0.322 e. The number of urea groups is 1. The van der Waals surface area contributed by atoms with E-state index >= 15 is 0 Å². The molecule has 2 amide bonds. The first kappa shape index (κ1) is 17.8. The molecule has 0 aliphatic rings. The highest BCUT2D eigenvalue weighted by Gasteiger charge is 2.14. The third-order valence-corrected chi connectivity index (χ3v) is 3.27. The Labute approximate surface area is 132 Å². The lowest BCUT2D eigenvalue weighted by Crippen LogP contribution is -2.42. The molecular formula is C15H25ClN4O. The molecular weight excluding hydrogens is 288 g/mol. The maximum absolute atomic E-state index is 12.4. The lowest BCUT2D eigenvalue weighted by atomic mass is 10.3. The van der Waals surface area contributed by atoms with Gasteiger partial charge in [0, 0.05) is 36.9 Å². The van der Waals surface area contributed by atoms with Crippen molar-refractivity contribution in [2.45, 2.75) is 0 Å². The predicted octanol–water partition coefficient (Wildman–Crippen LogP) is 2.30. The molecule has 118 valence electrons. The van der Waals surface area contributed by atoms with Crippen molar-refractivity contribution < 1.29 is 4.79 Å². The van der Waals surface area contributed by atoms with E-state index in [0.717, 1.165) is 18.8 Å². The highest BCUT2D eigenvalue weighted by Crippen LogP contribution is 2.13. The van der Waals surface area contributed by atoms with Crippen molar-refractivity contribution in [3.8, 4) is 0 Å². The van der Waals surface area contributed by atoms with Crippen LogP contribution < -0.4 is 5.32 Å². The highest BCUT2D eigenvalue weighted by atomic mass is 35.5. The Morgan fingerprint density at radius 1 is 0.952 bits per heavy atom. The number of rotatable bonds is 7. The number of halogens is 1. The van der Waals surface area contributed by atoms with Crippen molar-refractivity contribution in [1.82, 2.24) is 14.7 Å². The number of carbonyl (C=O) groups is 1. The third-order valence-electron chi connectivity index (χ3n) is 3.02. The van der Waals surface area contributed by atoms with E-state index in [9.17, 15) is 4.79 Å². The minimum absolute atomic E-state index is 0.0824. The van der Waals surface area contributed by atoms with Crippen LogP contribution in [0.15, 0.2) is 24.3 Å². The molecule has 0 aliphatic carbocycles. The largest absolute Gasteiger partial charge is 0.322 e. The van der Waals surface area contributed by atoms with Crippen LogP contribution in [0.25, 0.3) is 0 Å². The molecule has 0 radical (unpaired) electrons. The molecule has 0 spiro atoms. The fourth-order valence-electron chi connectivity index (χ4n) is 1.69. The quantitative estimate of drug-likeness (QED) is 0.839. The summed E-state index contributed by atoms with van der Waals surface area (Å²) in [5.74, 6) is 0. The number of benzene rings is 1. The van der Waals surface area contributed by atoms with E-state index in [1.54, 1.807) is 24.3 Å². The van der Waals surface area contributed by atoms with Crippen LogP contribution in [0.4, 0.5) is 10.5 Å². The standard InChI is InChI=1S/C15H25ClN4O/c1-18(2)9-11-20(12-10-19(3)4)15(21)17-14-7-5-13(16)6-8-14/h5-8H,9-12H2,1-4H3,(H,17,21). The van der Waals surface area contributed by atoms with Crippen LogP contribution in [-0.2, 0) is 0 Å². The Balaban J connectivity index is 2.62. The van der Waals surface area contributed by atoms with Gasteiger partial charge in [-0.25, -0.2) is 4.79 Å². The lowest BCUT2D eigenvalue weighted by Gasteiger charge is -2.26. The second-order valence-corrected chi connectivity index (χ2v) is 5.97. The Hall–Kier alpha value is -1.30. The van der Waals surface area contributed by atoms with E-state index in [2.05, 4.69) is 15.1 Å². The number of anilines is 1. The van der Waals surface area contributed by atoms with Crippen molar-refractivity contribution >= 4 is 23.3 Å². The summed E-state index contributed by atoms with van der Waals surface area (Å²) in [6.07, 6.45) is 0. The SMILES string of the molecule is CN(C)CCN(CCN(C)C)C(=O)Nc1ccc(Cl)cc1. The van der Waals surface area contributed by atoms with Crippen molar-refractivity contribution in [2.24, 2.45) is 0 Å². The van der Waals surface area contributed by atoms with E-state index in [4.69, 9.17) is 11.6 Å². The van der Waals surface area contributed by atoms with Crippen LogP contribution in [-0.4, -0.2) is 75.1 Å². The molecule has 0 saturated carbocycles. The van der Waals surface area contributed by atoms with Gasteiger partial charge >= 0.3 is 6.03 Å². The number of hydrogen-bond acceptors (Lipinski definition) is 3. The Kier molecular flexibility index (Phi) is 7.50. The highest BCUT2D eigenvalue weighted by molar-refractivity contribution is 6.30. The van der Waals surface area contributed by atoms with Crippen molar-refractivity contribution in [3.05, 3.63) is 29.3 Å². The van der Waals surface area contributed by atoms with Gasteiger partial charge < -0.3 is 20.0 Å². The number of likely N-dealkylation sites (N-methyl/N-ethyl adjacent to an activating group) is 2. The second-order valence-electron chi connectivity index (χ2n) is 5.53. The van der Waals surface area contributed by atoms with Crippen LogP contribution in [0.1, 0.15) is 0 Å². The second kappa shape index (κ2) is 8.87. The summed E-state index contributed by atoms with van der Waals surface area (Å²) in [4.78, 5) is 18.3. The van der Waals surface area contributed by atoms with Gasteiger partial charge in [-0.1, -0.05) is 11.6 Å². The van der Waals surface area contributed by atoms with Crippen molar-refractivity contribution in [1.29, 1.82) is 0 Å². The molecule has 1 aromatic rings. The Morgan fingerprint density at radius 3 is 1.86 bits per heavy atom. The molecule has 1 aromatic carbocycles. The zero-order valence-electron chi connectivity index (χ0n) is 13.3. The summed E-state index contributed by atoms with van der Waals surface area (Å²) in [5, 5.41) is 3.57. The smallest absolute Gasteiger partial charge is 0.321 e. The number of carbonyl (C=O) groups excluding carboxylic acids is 1. The Morgan fingerprint density at radius 2 is 1.43 bits per heavy atom. The first-order valence-corrected chi connectivity index (χ1v) is 7.37. The van der Waals surface area contributed by atoms with Gasteiger partial charge in [0.1, 0.15) is 0 Å². The van der Waals surface area contributed by atoms with Gasteiger partial charge in [0.2, 0.25) is 0 Å². The normalized spacial score (nSPS) is 11.0. The summed E-state index contributed by atoms with van der Waals surface area (Å²) in [7, 11) is 8.00. The lowest BCUT2D eigenvalue weighted by molar-refractivity contribution is 0.198. The number of amides is 2. The van der Waals surface area contributed by atoms with Gasteiger partial charge in [-0.05, 0) is 52.5 Å². The van der Waals surface area contributed by atoms with Crippen LogP contribution in [0, 0.1) is 0 Å². The van der Waals surface area contributed by atoms with Crippen LogP contribution in [0.5, 0.6) is 0 Å². The molecule has 0 aliphatic heterocycles. The minimum atomic E-state index is -0.0824. The van der Waals surface area contributed by atoms with E-state index in [-0.39, 0.29) is 6.03 Å². The van der Waals surface area contributed by atoms with Gasteiger partial charge in [-0.3, -0.25) is 0 Å². The molecule has 5 nitrogen and oxygen atoms in total. The molecule has 21 heavy (non-hydrogen) atoms. The monoisotopic (exact) mass is 312 g/mol. The fraction of sp³-hybridized carbons (Fsp3) is 0.533. The fourth-order valence-corrected chi connectivity index (χ4v) is 1.82. The van der Waals surface area contributed by atoms with E-state index in [1.165, 1.54) is 0 Å². The van der Waals surface area contributed by atoms with E-state index < -0.39 is 0 Å². The molecule has 0 aromatic heterocycles. The average molecular weight is 313 g/mol. The summed E-state index contributed by atoms with van der Waals surface area (Å²) >= 11 is 5.85. The van der Waals surface area contributed by atoms with E-state index in [1.807, 2.05) is 33.1 Å². The van der Waals surface area contributed by atoms with Crippen molar-refractivity contribution in [3.63, 3.8) is 0 Å². The molecule has 0 unspecified atom stereocenters. The zero-order chi connectivity index (χ0) is 15.8. The maximum atomic E-state index is 12.4. The average Bonchev–Trinajstić information content (AvgIpc) is 2.40. The first-order valence-electron chi connectivity index (χ1n) is 6.99. The molecule has 6 heteroatoms. The predicted molar refractivity (Wildman–Crippen MR) is 89.2 cm³/mol. The summed E-state index contributed by atoms with van der Waals surface area (Å²) < 4.78 is 0. The summed E-state index contributed by atoms with van der Waals surface area (Å²) in [5.41, 5.74) is 0.754. The zero-order valence-corrected chi connectivity index (χ0v) is 14.0. The van der Waals surface area contributed by atoms with Gasteiger partial charge in [0.15, 0.2) is 0 Å². The number of nitrogens with one attached hydrogen (secondary N) is 1. The summed E-state index contributed by atoms with van der Waals surface area (Å²) in [6, 6.07) is 7.05. The summed E-state index contributed by atoms with van der Waals surface area (Å²) in [6.45, 7) is 3.06. The van der Waals surface area contributed by atoms with Gasteiger partial charge in [0.05, 0.1) is 0 Å². The topological polar surface area (TPSA) is 38.8 Å². The molecule has 0 heterocycles. The first-order chi connectivity index (χ1) is 9.88. The van der Waals surface area contributed by atoms with Crippen LogP contribution in [0.2, 0.25) is 5.02 Å². The molecule has 0 saturated heterocycles. The molecule has 0 bridgehead atoms. The number of hydrogen-bond donors (Lipinski definition) is 1. The van der Waals surface area contributed by atoms with Crippen molar-refractivity contribution in [2.75, 3.05) is 59.7 Å². The van der Waals surface area contributed by atoms with Crippen LogP contribution >= 0.6 is 11.6 Å². The van der Waals surface area contributed by atoms with Gasteiger partial charge in [0.25, 0.3) is 0 Å². The van der Waals surface area contributed by atoms with Gasteiger partial charge in [-0.2, -0.15) is 0 Å². The Bertz CT molecular complexity index is 422. The molecule has 1 N–H and O–H groups in total. The van der Waals surface area contributed by atoms with Gasteiger partial charge in [-0.15, -0.1) is 0 Å². The molecule has 0 fully saturated rings. The molecule has 1 rings (SSSR count). The molecule has 0 atom stereocenters. The number of nitrogens with zero attached hydrogens (tertiary/aromatic N) is 3.